The molecule has 124 valence electrons. The van der Waals surface area contributed by atoms with Crippen LogP contribution >= 0.6 is 0 Å². The van der Waals surface area contributed by atoms with Gasteiger partial charge in [-0.25, -0.2) is 0 Å². The second-order valence-corrected chi connectivity index (χ2v) is 5.89. The van der Waals surface area contributed by atoms with E-state index in [0.717, 1.165) is 39.9 Å². The highest BCUT2D eigenvalue weighted by Crippen LogP contribution is 2.16. The molecule has 0 unspecified atom stereocenters. The number of fused-ring (bicyclic) bond motifs is 1. The van der Waals surface area contributed by atoms with Crippen molar-refractivity contribution in [1.29, 1.82) is 0 Å². The Bertz CT molecular complexity index is 830. The van der Waals surface area contributed by atoms with Gasteiger partial charge < -0.3 is 9.84 Å². The smallest absolute Gasteiger partial charge is 0.220 e. The molecular weight excluding hydrogens is 302 g/mol. The van der Waals surface area contributed by atoms with Gasteiger partial charge in [0.25, 0.3) is 0 Å². The average Bonchev–Trinajstić information content (AvgIpc) is 2.91. The first-order valence-corrected chi connectivity index (χ1v) is 8.16. The number of amides is 1. The Morgan fingerprint density at radius 1 is 1.17 bits per heavy atom. The van der Waals surface area contributed by atoms with Crippen molar-refractivity contribution in [3.63, 3.8) is 0 Å². The predicted octanol–water partition coefficient (Wildman–Crippen LogP) is 3.13. The number of carbonyl (C=O) groups excluding carboxylic acids is 1. The Morgan fingerprint density at radius 2 is 2.00 bits per heavy atom. The number of hydrogen-bond donors (Lipinski definition) is 1. The maximum absolute atomic E-state index is 12.0. The van der Waals surface area contributed by atoms with Gasteiger partial charge in [0.05, 0.1) is 11.2 Å². The molecule has 24 heavy (non-hydrogen) atoms. The third-order valence-corrected chi connectivity index (χ3v) is 4.22. The first kappa shape index (κ1) is 16.2. The predicted molar refractivity (Wildman–Crippen MR) is 92.8 cm³/mol. The van der Waals surface area contributed by atoms with Crippen molar-refractivity contribution in [2.24, 2.45) is 0 Å². The minimum Gasteiger partial charge on any atom is -0.361 e. The topological polar surface area (TPSA) is 68.0 Å². The van der Waals surface area contributed by atoms with Crippen LogP contribution in [0.3, 0.4) is 0 Å². The zero-order valence-electron chi connectivity index (χ0n) is 14.0. The molecule has 0 aliphatic heterocycles. The standard InChI is InChI=1S/C19H21N3O2/c1-13-17(14(2)24-22-13)8-9-18(23)20-12-10-16-6-3-5-15-7-4-11-21-19(15)16/h3-7,11H,8-10,12H2,1-2H3,(H,20,23). The van der Waals surface area contributed by atoms with Gasteiger partial charge in [-0.15, -0.1) is 0 Å². The molecule has 2 aromatic heterocycles. The fraction of sp³-hybridized carbons (Fsp3) is 0.316. The highest BCUT2D eigenvalue weighted by atomic mass is 16.5. The molecule has 2 heterocycles. The summed E-state index contributed by atoms with van der Waals surface area (Å²) < 4.78 is 5.12. The molecule has 0 saturated carbocycles. The number of rotatable bonds is 6. The lowest BCUT2D eigenvalue weighted by Crippen LogP contribution is -2.26. The van der Waals surface area contributed by atoms with Gasteiger partial charge in [0, 0.05) is 30.1 Å². The van der Waals surface area contributed by atoms with E-state index in [1.807, 2.05) is 38.1 Å². The van der Waals surface area contributed by atoms with Crippen LogP contribution in [0.15, 0.2) is 41.1 Å². The molecule has 3 aromatic rings. The average molecular weight is 323 g/mol. The highest BCUT2D eigenvalue weighted by Gasteiger charge is 2.11. The summed E-state index contributed by atoms with van der Waals surface area (Å²) in [6.45, 7) is 4.38. The number of hydrogen-bond acceptors (Lipinski definition) is 4. The largest absolute Gasteiger partial charge is 0.361 e. The van der Waals surface area contributed by atoms with Gasteiger partial charge >= 0.3 is 0 Å². The second kappa shape index (κ2) is 7.25. The van der Waals surface area contributed by atoms with Crippen LogP contribution in [0.25, 0.3) is 10.9 Å². The van der Waals surface area contributed by atoms with Crippen LogP contribution in [0, 0.1) is 13.8 Å². The molecule has 0 bridgehead atoms. The zero-order chi connectivity index (χ0) is 16.9. The van der Waals surface area contributed by atoms with Crippen molar-refractivity contribution in [1.82, 2.24) is 15.5 Å². The third-order valence-electron chi connectivity index (χ3n) is 4.22. The summed E-state index contributed by atoms with van der Waals surface area (Å²) in [5.74, 6) is 0.838. The molecule has 0 aliphatic carbocycles. The number of carbonyl (C=O) groups is 1. The maximum atomic E-state index is 12.0. The Hall–Kier alpha value is -2.69. The van der Waals surface area contributed by atoms with E-state index in [0.29, 0.717) is 19.4 Å². The zero-order valence-corrected chi connectivity index (χ0v) is 14.0. The summed E-state index contributed by atoms with van der Waals surface area (Å²) in [5.41, 5.74) is 4.05. The van der Waals surface area contributed by atoms with Gasteiger partial charge in [-0.05, 0) is 38.3 Å². The fourth-order valence-corrected chi connectivity index (χ4v) is 2.89. The summed E-state index contributed by atoms with van der Waals surface area (Å²) in [5, 5.41) is 8.02. The van der Waals surface area contributed by atoms with E-state index in [1.54, 1.807) is 6.20 Å². The molecule has 5 heteroatoms. The van der Waals surface area contributed by atoms with Crippen molar-refractivity contribution in [2.45, 2.75) is 33.1 Å². The van der Waals surface area contributed by atoms with Gasteiger partial charge in [0.2, 0.25) is 5.91 Å². The van der Waals surface area contributed by atoms with E-state index in [9.17, 15) is 4.79 Å². The quantitative estimate of drug-likeness (QED) is 0.757. The number of nitrogens with one attached hydrogen (secondary N) is 1. The Morgan fingerprint density at radius 3 is 2.79 bits per heavy atom. The Balaban J connectivity index is 1.51. The highest BCUT2D eigenvalue weighted by molar-refractivity contribution is 5.81. The van der Waals surface area contributed by atoms with Crippen LogP contribution in [0.1, 0.15) is 29.0 Å². The summed E-state index contributed by atoms with van der Waals surface area (Å²) in [4.78, 5) is 16.5. The van der Waals surface area contributed by atoms with E-state index in [4.69, 9.17) is 4.52 Å². The van der Waals surface area contributed by atoms with Crippen molar-refractivity contribution >= 4 is 16.8 Å². The molecule has 0 saturated heterocycles. The minimum atomic E-state index is 0.0446. The molecule has 0 fully saturated rings. The Labute approximate surface area is 141 Å². The fourth-order valence-electron chi connectivity index (χ4n) is 2.89. The molecule has 0 aliphatic rings. The van der Waals surface area contributed by atoms with Crippen LogP contribution in [0.4, 0.5) is 0 Å². The Kier molecular flexibility index (Phi) is 4.89. The number of pyridine rings is 1. The van der Waals surface area contributed by atoms with Gasteiger partial charge in [-0.3, -0.25) is 9.78 Å². The molecule has 0 radical (unpaired) electrons. The molecule has 3 rings (SSSR count). The van der Waals surface area contributed by atoms with Crippen LogP contribution in [-0.4, -0.2) is 22.6 Å². The number of benzene rings is 1. The monoisotopic (exact) mass is 323 g/mol. The van der Waals surface area contributed by atoms with Gasteiger partial charge in [-0.2, -0.15) is 0 Å². The third kappa shape index (κ3) is 3.62. The lowest BCUT2D eigenvalue weighted by Gasteiger charge is -2.07. The van der Waals surface area contributed by atoms with Gasteiger partial charge in [0.15, 0.2) is 0 Å². The summed E-state index contributed by atoms with van der Waals surface area (Å²) in [6, 6.07) is 10.1. The number of para-hydroxylation sites is 1. The van der Waals surface area contributed by atoms with Gasteiger partial charge in [0.1, 0.15) is 5.76 Å². The number of nitrogens with zero attached hydrogens (tertiary/aromatic N) is 2. The van der Waals surface area contributed by atoms with Crippen molar-refractivity contribution < 1.29 is 9.32 Å². The lowest BCUT2D eigenvalue weighted by molar-refractivity contribution is -0.121. The van der Waals surface area contributed by atoms with Crippen LogP contribution in [0.2, 0.25) is 0 Å². The maximum Gasteiger partial charge on any atom is 0.220 e. The SMILES string of the molecule is Cc1noc(C)c1CCC(=O)NCCc1cccc2cccnc12. The minimum absolute atomic E-state index is 0.0446. The van der Waals surface area contributed by atoms with Crippen LogP contribution in [0.5, 0.6) is 0 Å². The van der Waals surface area contributed by atoms with E-state index in [1.165, 1.54) is 0 Å². The molecule has 1 N–H and O–H groups in total. The molecule has 1 aromatic carbocycles. The molecule has 0 spiro atoms. The summed E-state index contributed by atoms with van der Waals surface area (Å²) >= 11 is 0. The number of aromatic nitrogens is 2. The molecule has 1 amide bonds. The van der Waals surface area contributed by atoms with E-state index < -0.39 is 0 Å². The summed E-state index contributed by atoms with van der Waals surface area (Å²) in [7, 11) is 0. The molecule has 5 nitrogen and oxygen atoms in total. The molecular formula is C19H21N3O2. The summed E-state index contributed by atoms with van der Waals surface area (Å²) in [6.07, 6.45) is 3.67. The van der Waals surface area contributed by atoms with E-state index >= 15 is 0 Å². The van der Waals surface area contributed by atoms with Crippen molar-refractivity contribution in [3.05, 3.63) is 59.1 Å². The first-order chi connectivity index (χ1) is 11.6. The number of aryl methyl sites for hydroxylation is 2. The van der Waals surface area contributed by atoms with Crippen molar-refractivity contribution in [3.8, 4) is 0 Å². The normalized spacial score (nSPS) is 10.9. The molecule has 0 atom stereocenters. The van der Waals surface area contributed by atoms with Crippen LogP contribution < -0.4 is 5.32 Å². The second-order valence-electron chi connectivity index (χ2n) is 5.89. The van der Waals surface area contributed by atoms with Gasteiger partial charge in [-0.1, -0.05) is 29.4 Å². The van der Waals surface area contributed by atoms with E-state index in [2.05, 4.69) is 21.5 Å². The lowest BCUT2D eigenvalue weighted by atomic mass is 10.1. The van der Waals surface area contributed by atoms with Crippen LogP contribution in [-0.2, 0) is 17.6 Å². The van der Waals surface area contributed by atoms with E-state index in [-0.39, 0.29) is 5.91 Å². The first-order valence-electron chi connectivity index (χ1n) is 8.16. The van der Waals surface area contributed by atoms with Crippen molar-refractivity contribution in [2.75, 3.05) is 6.54 Å².